The summed E-state index contributed by atoms with van der Waals surface area (Å²) in [5, 5.41) is 6.69. The first-order valence-electron chi connectivity index (χ1n) is 6.60. The molecule has 2 N–H and O–H groups in total. The minimum atomic E-state index is 0.501. The molecule has 0 aromatic carbocycles. The fourth-order valence-corrected chi connectivity index (χ4v) is 2.00. The molecule has 0 aromatic rings. The van der Waals surface area contributed by atoms with Gasteiger partial charge in [-0.1, -0.05) is 0 Å². The van der Waals surface area contributed by atoms with E-state index in [4.69, 9.17) is 0 Å². The fourth-order valence-electron chi connectivity index (χ4n) is 2.00. The third-order valence-corrected chi connectivity index (χ3v) is 3.08. The Bertz CT molecular complexity index is 202. The van der Waals surface area contributed by atoms with Gasteiger partial charge in [0.05, 0.1) is 13.1 Å². The van der Waals surface area contributed by atoms with Crippen LogP contribution in [0.2, 0.25) is 0 Å². The number of carbonyl (C=O) groups excluding carboxylic acids is 2. The largest absolute Gasteiger partial charge is 0.314 e. The SMILES string of the molecule is O=CCN1CCNCCN(CC=O)CCNCC1. The lowest BCUT2D eigenvalue weighted by Crippen LogP contribution is -2.44. The molecule has 1 aliphatic heterocycles. The van der Waals surface area contributed by atoms with Gasteiger partial charge in [-0.3, -0.25) is 9.80 Å². The molecule has 0 radical (unpaired) electrons. The van der Waals surface area contributed by atoms with E-state index < -0.39 is 0 Å². The van der Waals surface area contributed by atoms with Crippen molar-refractivity contribution >= 4 is 12.6 Å². The lowest BCUT2D eigenvalue weighted by molar-refractivity contribution is -0.109. The van der Waals surface area contributed by atoms with Crippen molar-refractivity contribution in [2.45, 2.75) is 0 Å². The summed E-state index contributed by atoms with van der Waals surface area (Å²) in [6.45, 7) is 8.04. The number of aldehydes is 2. The van der Waals surface area contributed by atoms with E-state index >= 15 is 0 Å². The predicted octanol–water partition coefficient (Wildman–Crippen LogP) is -1.82. The summed E-state index contributed by atoms with van der Waals surface area (Å²) < 4.78 is 0. The van der Waals surface area contributed by atoms with E-state index in [9.17, 15) is 9.59 Å². The molecule has 0 spiro atoms. The topological polar surface area (TPSA) is 64.7 Å². The molecule has 1 saturated heterocycles. The second-order valence-corrected chi connectivity index (χ2v) is 4.43. The lowest BCUT2D eigenvalue weighted by atomic mass is 10.4. The molecule has 0 bridgehead atoms. The summed E-state index contributed by atoms with van der Waals surface area (Å²) in [5.74, 6) is 0. The molecule has 18 heavy (non-hydrogen) atoms. The van der Waals surface area contributed by atoms with Crippen LogP contribution in [0, 0.1) is 0 Å². The van der Waals surface area contributed by atoms with E-state index in [0.717, 1.165) is 64.9 Å². The van der Waals surface area contributed by atoms with Crippen molar-refractivity contribution in [1.29, 1.82) is 0 Å². The highest BCUT2D eigenvalue weighted by molar-refractivity contribution is 5.52. The Balaban J connectivity index is 2.32. The predicted molar refractivity (Wildman–Crippen MR) is 70.7 cm³/mol. The van der Waals surface area contributed by atoms with Gasteiger partial charge in [-0.15, -0.1) is 0 Å². The summed E-state index contributed by atoms with van der Waals surface area (Å²) in [6.07, 6.45) is 1.91. The van der Waals surface area contributed by atoms with Crippen LogP contribution in [0.15, 0.2) is 0 Å². The van der Waals surface area contributed by atoms with Crippen LogP contribution < -0.4 is 10.6 Å². The van der Waals surface area contributed by atoms with Gasteiger partial charge in [0.1, 0.15) is 12.6 Å². The van der Waals surface area contributed by atoms with Crippen LogP contribution in [0.1, 0.15) is 0 Å². The van der Waals surface area contributed by atoms with E-state index in [1.54, 1.807) is 0 Å². The zero-order valence-corrected chi connectivity index (χ0v) is 10.9. The molecule has 0 atom stereocenters. The monoisotopic (exact) mass is 256 g/mol. The summed E-state index contributed by atoms with van der Waals surface area (Å²) in [5.41, 5.74) is 0. The van der Waals surface area contributed by atoms with Crippen LogP contribution in [0.3, 0.4) is 0 Å². The quantitative estimate of drug-likeness (QED) is 0.578. The standard InChI is InChI=1S/C12H24N4O2/c17-11-9-15-5-1-13-2-6-16(10-12-18)8-4-14-3-7-15/h11-14H,1-10H2. The molecule has 0 unspecified atom stereocenters. The number of hydrogen-bond donors (Lipinski definition) is 2. The van der Waals surface area contributed by atoms with Gasteiger partial charge in [0.15, 0.2) is 0 Å². The van der Waals surface area contributed by atoms with Gasteiger partial charge < -0.3 is 20.2 Å². The maximum absolute atomic E-state index is 10.5. The highest BCUT2D eigenvalue weighted by Gasteiger charge is 2.07. The maximum atomic E-state index is 10.5. The van der Waals surface area contributed by atoms with Crippen LogP contribution in [-0.2, 0) is 9.59 Å². The first-order chi connectivity index (χ1) is 8.86. The van der Waals surface area contributed by atoms with E-state index in [-0.39, 0.29) is 0 Å². The van der Waals surface area contributed by atoms with Crippen LogP contribution in [0.5, 0.6) is 0 Å². The van der Waals surface area contributed by atoms with Crippen molar-refractivity contribution in [3.8, 4) is 0 Å². The van der Waals surface area contributed by atoms with Gasteiger partial charge in [0, 0.05) is 52.4 Å². The lowest BCUT2D eigenvalue weighted by Gasteiger charge is -2.24. The minimum absolute atomic E-state index is 0.501. The molecule has 104 valence electrons. The van der Waals surface area contributed by atoms with Gasteiger partial charge in [-0.25, -0.2) is 0 Å². The van der Waals surface area contributed by atoms with Crippen LogP contribution >= 0.6 is 0 Å². The fraction of sp³-hybridized carbons (Fsp3) is 0.833. The third kappa shape index (κ3) is 6.80. The average Bonchev–Trinajstić information content (AvgIpc) is 2.35. The molecule has 1 heterocycles. The molecule has 0 aromatic heterocycles. The van der Waals surface area contributed by atoms with Crippen molar-refractivity contribution < 1.29 is 9.59 Å². The van der Waals surface area contributed by atoms with Crippen molar-refractivity contribution in [2.75, 3.05) is 65.4 Å². The Morgan fingerprint density at radius 2 is 1.06 bits per heavy atom. The van der Waals surface area contributed by atoms with Gasteiger partial charge >= 0.3 is 0 Å². The molecule has 1 rings (SSSR count). The third-order valence-electron chi connectivity index (χ3n) is 3.08. The second kappa shape index (κ2) is 10.1. The Morgan fingerprint density at radius 1 is 0.722 bits per heavy atom. The molecular weight excluding hydrogens is 232 g/mol. The molecular formula is C12H24N4O2. The van der Waals surface area contributed by atoms with E-state index in [2.05, 4.69) is 20.4 Å². The highest BCUT2D eigenvalue weighted by atomic mass is 16.1. The molecule has 1 fully saturated rings. The Morgan fingerprint density at radius 3 is 1.33 bits per heavy atom. The van der Waals surface area contributed by atoms with Gasteiger partial charge in [0.25, 0.3) is 0 Å². The molecule has 1 aliphatic rings. The maximum Gasteiger partial charge on any atom is 0.133 e. The Kier molecular flexibility index (Phi) is 8.58. The molecule has 0 aliphatic carbocycles. The van der Waals surface area contributed by atoms with Crippen LogP contribution in [-0.4, -0.2) is 87.8 Å². The van der Waals surface area contributed by atoms with Crippen molar-refractivity contribution in [1.82, 2.24) is 20.4 Å². The normalized spacial score (nSPS) is 21.8. The first kappa shape index (κ1) is 15.2. The van der Waals surface area contributed by atoms with Crippen molar-refractivity contribution in [2.24, 2.45) is 0 Å². The van der Waals surface area contributed by atoms with Gasteiger partial charge in [-0.2, -0.15) is 0 Å². The molecule has 0 saturated carbocycles. The number of nitrogens with one attached hydrogen (secondary N) is 2. The highest BCUT2D eigenvalue weighted by Crippen LogP contribution is 1.88. The summed E-state index contributed by atoms with van der Waals surface area (Å²) in [7, 11) is 0. The average molecular weight is 256 g/mol. The number of carbonyl (C=O) groups is 2. The Hall–Kier alpha value is -0.820. The molecule has 6 nitrogen and oxygen atoms in total. The van der Waals surface area contributed by atoms with Crippen molar-refractivity contribution in [3.05, 3.63) is 0 Å². The minimum Gasteiger partial charge on any atom is -0.314 e. The molecule has 6 heteroatoms. The van der Waals surface area contributed by atoms with E-state index in [1.165, 1.54) is 0 Å². The molecule has 0 amide bonds. The van der Waals surface area contributed by atoms with Crippen LogP contribution in [0.25, 0.3) is 0 Å². The van der Waals surface area contributed by atoms with E-state index in [1.807, 2.05) is 0 Å². The zero-order valence-electron chi connectivity index (χ0n) is 10.9. The summed E-state index contributed by atoms with van der Waals surface area (Å²) in [4.78, 5) is 25.4. The number of nitrogens with zero attached hydrogens (tertiary/aromatic N) is 2. The van der Waals surface area contributed by atoms with Gasteiger partial charge in [-0.05, 0) is 0 Å². The number of hydrogen-bond acceptors (Lipinski definition) is 6. The summed E-state index contributed by atoms with van der Waals surface area (Å²) >= 11 is 0. The van der Waals surface area contributed by atoms with E-state index in [0.29, 0.717) is 13.1 Å². The summed E-state index contributed by atoms with van der Waals surface area (Å²) in [6, 6.07) is 0. The van der Waals surface area contributed by atoms with Crippen molar-refractivity contribution in [3.63, 3.8) is 0 Å². The number of rotatable bonds is 4. The first-order valence-corrected chi connectivity index (χ1v) is 6.60. The van der Waals surface area contributed by atoms with Crippen LogP contribution in [0.4, 0.5) is 0 Å². The van der Waals surface area contributed by atoms with Gasteiger partial charge in [0.2, 0.25) is 0 Å². The Labute approximate surface area is 109 Å². The zero-order chi connectivity index (χ0) is 13.1. The smallest absolute Gasteiger partial charge is 0.133 e. The second-order valence-electron chi connectivity index (χ2n) is 4.43.